The Kier molecular flexibility index (Phi) is 11.2. The molecule has 0 radical (unpaired) electrons. The lowest BCUT2D eigenvalue weighted by atomic mass is 10.2. The Bertz CT molecular complexity index is 642. The van der Waals surface area contributed by atoms with E-state index in [1.807, 2.05) is 33.8 Å². The van der Waals surface area contributed by atoms with E-state index in [2.05, 4.69) is 20.6 Å². The van der Waals surface area contributed by atoms with Crippen molar-refractivity contribution in [2.45, 2.75) is 34.2 Å². The van der Waals surface area contributed by atoms with Crippen LogP contribution in [0.15, 0.2) is 18.5 Å². The number of carbonyl (C=O) groups excluding carboxylic acids is 2. The van der Waals surface area contributed by atoms with Crippen LogP contribution in [-0.2, 0) is 16.1 Å². The van der Waals surface area contributed by atoms with E-state index in [0.29, 0.717) is 17.2 Å². The molecule has 0 saturated heterocycles. The van der Waals surface area contributed by atoms with Gasteiger partial charge in [-0.25, -0.2) is 4.98 Å². The van der Waals surface area contributed by atoms with Crippen LogP contribution in [0.2, 0.25) is 5.02 Å². The zero-order chi connectivity index (χ0) is 18.5. The Morgan fingerprint density at radius 1 is 1.21 bits per heavy atom. The fourth-order valence-electron chi connectivity index (χ4n) is 1.63. The van der Waals surface area contributed by atoms with E-state index < -0.39 is 0 Å². The second-order valence-electron chi connectivity index (χ2n) is 4.13. The van der Waals surface area contributed by atoms with Gasteiger partial charge in [0.25, 0.3) is 0 Å². The molecule has 5 N–H and O–H groups in total. The quantitative estimate of drug-likeness (QED) is 0.656. The number of halogens is 1. The Hall–Kier alpha value is -2.12. The van der Waals surface area contributed by atoms with Gasteiger partial charge in [0.2, 0.25) is 11.8 Å². The highest BCUT2D eigenvalue weighted by molar-refractivity contribution is 6.35. The molecule has 0 aliphatic rings. The van der Waals surface area contributed by atoms with E-state index in [-0.39, 0.29) is 24.9 Å². The number of pyridine rings is 1. The molecule has 2 heterocycles. The number of hydrogen-bond donors (Lipinski definition) is 4. The monoisotopic (exact) mass is 355 g/mol. The first kappa shape index (κ1) is 21.9. The number of nitrogens with two attached hydrogens (primary N) is 1. The summed E-state index contributed by atoms with van der Waals surface area (Å²) < 4.78 is 0. The smallest absolute Gasteiger partial charge is 0.239 e. The highest BCUT2D eigenvalue weighted by Crippen LogP contribution is 2.21. The Morgan fingerprint density at radius 3 is 2.50 bits per heavy atom. The minimum Gasteiger partial charge on any atom is -0.350 e. The molecule has 0 atom stereocenters. The van der Waals surface area contributed by atoms with Crippen LogP contribution in [0.5, 0.6) is 0 Å². The van der Waals surface area contributed by atoms with Gasteiger partial charge >= 0.3 is 0 Å². The van der Waals surface area contributed by atoms with Gasteiger partial charge in [0.1, 0.15) is 5.65 Å². The first-order valence-electron chi connectivity index (χ1n) is 7.95. The molecule has 0 unspecified atom stereocenters. The largest absolute Gasteiger partial charge is 0.350 e. The first-order chi connectivity index (χ1) is 11.6. The molecule has 2 aromatic rings. The number of H-pyrrole nitrogens is 1. The molecular formula is C16H26ClN5O2. The number of fused-ring (bicyclic) bond motifs is 1. The number of amides is 2. The maximum Gasteiger partial charge on any atom is 0.239 e. The van der Waals surface area contributed by atoms with Crippen LogP contribution in [0.4, 0.5) is 0 Å². The molecule has 2 amide bonds. The van der Waals surface area contributed by atoms with Gasteiger partial charge in [0.05, 0.1) is 18.1 Å². The van der Waals surface area contributed by atoms with Crippen LogP contribution >= 0.6 is 11.6 Å². The molecule has 0 aliphatic heterocycles. The number of carbonyl (C=O) groups is 2. The molecule has 8 heteroatoms. The molecule has 0 aromatic carbocycles. The summed E-state index contributed by atoms with van der Waals surface area (Å²) in [5, 5.41) is 6.43. The van der Waals surface area contributed by atoms with Crippen LogP contribution in [-0.4, -0.2) is 34.9 Å². The molecule has 0 bridgehead atoms. The molecule has 0 fully saturated rings. The summed E-state index contributed by atoms with van der Waals surface area (Å²) in [6.45, 7) is 8.07. The van der Waals surface area contributed by atoms with Gasteiger partial charge in [-0.05, 0) is 11.6 Å². The molecule has 24 heavy (non-hydrogen) atoms. The molecule has 2 rings (SSSR count). The fourth-order valence-corrected chi connectivity index (χ4v) is 1.82. The topological polar surface area (TPSA) is 113 Å². The number of hydrogen-bond acceptors (Lipinski definition) is 4. The number of nitrogens with one attached hydrogen (secondary N) is 3. The summed E-state index contributed by atoms with van der Waals surface area (Å²) in [7, 11) is 0. The van der Waals surface area contributed by atoms with Crippen LogP contribution in [0.3, 0.4) is 0 Å². The molecule has 0 aliphatic carbocycles. The van der Waals surface area contributed by atoms with Gasteiger partial charge < -0.3 is 21.4 Å². The summed E-state index contributed by atoms with van der Waals surface area (Å²) in [6.07, 6.45) is 3.30. The summed E-state index contributed by atoms with van der Waals surface area (Å²) in [5.74, 6) is -0.672. The Balaban J connectivity index is 0.00000123. The van der Waals surface area contributed by atoms with Crippen molar-refractivity contribution in [2.75, 3.05) is 13.1 Å². The standard InChI is InChI=1S/C12H14ClN5O2.2C2H6/c13-9-5-18-12-8(9)1-7(4-17-12)3-15-11(20)6-16-10(19)2-14;2*1-2/h1,4-5H,2-3,6,14H2,(H,15,20)(H,16,19)(H,17,18);2*1-2H3. The van der Waals surface area contributed by atoms with Crippen LogP contribution in [0.1, 0.15) is 33.3 Å². The van der Waals surface area contributed by atoms with Gasteiger partial charge in [0, 0.05) is 24.3 Å². The van der Waals surface area contributed by atoms with E-state index in [9.17, 15) is 9.59 Å². The summed E-state index contributed by atoms with van der Waals surface area (Å²) >= 11 is 5.99. The minimum atomic E-state index is -0.373. The van der Waals surface area contributed by atoms with Gasteiger partial charge in [-0.2, -0.15) is 0 Å². The van der Waals surface area contributed by atoms with E-state index in [1.54, 1.807) is 12.4 Å². The second-order valence-corrected chi connectivity index (χ2v) is 4.54. The van der Waals surface area contributed by atoms with Crippen molar-refractivity contribution < 1.29 is 9.59 Å². The Labute approximate surface area is 147 Å². The fraction of sp³-hybridized carbons (Fsp3) is 0.438. The van der Waals surface area contributed by atoms with E-state index in [4.69, 9.17) is 17.3 Å². The van der Waals surface area contributed by atoms with Crippen molar-refractivity contribution >= 4 is 34.4 Å². The number of aromatic nitrogens is 2. The van der Waals surface area contributed by atoms with Gasteiger partial charge in [-0.15, -0.1) is 0 Å². The minimum absolute atomic E-state index is 0.101. The first-order valence-corrected chi connectivity index (χ1v) is 8.33. The van der Waals surface area contributed by atoms with Crippen LogP contribution in [0.25, 0.3) is 11.0 Å². The van der Waals surface area contributed by atoms with Crippen molar-refractivity contribution in [3.63, 3.8) is 0 Å². The third kappa shape index (κ3) is 6.97. The average molecular weight is 356 g/mol. The third-order valence-electron chi connectivity index (χ3n) is 2.66. The van der Waals surface area contributed by atoms with Crippen molar-refractivity contribution in [1.82, 2.24) is 20.6 Å². The van der Waals surface area contributed by atoms with Crippen LogP contribution in [0, 0.1) is 0 Å². The lowest BCUT2D eigenvalue weighted by Crippen LogP contribution is -2.39. The van der Waals surface area contributed by atoms with E-state index in [0.717, 1.165) is 10.9 Å². The summed E-state index contributed by atoms with van der Waals surface area (Å²) in [4.78, 5) is 29.5. The lowest BCUT2D eigenvalue weighted by Gasteiger charge is -2.06. The normalized spacial score (nSPS) is 9.25. The Morgan fingerprint density at radius 2 is 1.88 bits per heavy atom. The van der Waals surface area contributed by atoms with Crippen LogP contribution < -0.4 is 16.4 Å². The third-order valence-corrected chi connectivity index (χ3v) is 2.97. The zero-order valence-corrected chi connectivity index (χ0v) is 15.3. The predicted octanol–water partition coefficient (Wildman–Crippen LogP) is 1.96. The maximum absolute atomic E-state index is 11.5. The van der Waals surface area contributed by atoms with Crippen molar-refractivity contribution in [3.8, 4) is 0 Å². The van der Waals surface area contributed by atoms with E-state index in [1.165, 1.54) is 0 Å². The van der Waals surface area contributed by atoms with Crippen molar-refractivity contribution in [1.29, 1.82) is 0 Å². The highest BCUT2D eigenvalue weighted by atomic mass is 35.5. The summed E-state index contributed by atoms with van der Waals surface area (Å²) in [6, 6.07) is 1.85. The molecular weight excluding hydrogens is 330 g/mol. The molecule has 0 saturated carbocycles. The molecule has 0 spiro atoms. The number of aromatic amines is 1. The van der Waals surface area contributed by atoms with Crippen molar-refractivity contribution in [3.05, 3.63) is 29.0 Å². The second kappa shape index (κ2) is 12.3. The molecule has 134 valence electrons. The van der Waals surface area contributed by atoms with Gasteiger partial charge in [0.15, 0.2) is 0 Å². The molecule has 7 nitrogen and oxygen atoms in total. The predicted molar refractivity (Wildman–Crippen MR) is 97.7 cm³/mol. The van der Waals surface area contributed by atoms with Gasteiger partial charge in [-0.3, -0.25) is 9.59 Å². The van der Waals surface area contributed by atoms with Gasteiger partial charge in [-0.1, -0.05) is 39.3 Å². The average Bonchev–Trinajstić information content (AvgIpc) is 3.01. The lowest BCUT2D eigenvalue weighted by molar-refractivity contribution is -0.125. The highest BCUT2D eigenvalue weighted by Gasteiger charge is 2.06. The maximum atomic E-state index is 11.5. The SMILES string of the molecule is CC.CC.NCC(=O)NCC(=O)NCc1cnc2[nH]cc(Cl)c2c1. The zero-order valence-electron chi connectivity index (χ0n) is 14.6. The number of nitrogens with zero attached hydrogens (tertiary/aromatic N) is 1. The van der Waals surface area contributed by atoms with E-state index >= 15 is 0 Å². The molecule has 2 aromatic heterocycles. The van der Waals surface area contributed by atoms with Crippen molar-refractivity contribution in [2.24, 2.45) is 5.73 Å². The summed E-state index contributed by atoms with van der Waals surface area (Å²) in [5.41, 5.74) is 6.62. The number of rotatable bonds is 5.